The lowest BCUT2D eigenvalue weighted by molar-refractivity contribution is -0.137. The van der Waals surface area contributed by atoms with Crippen LogP contribution < -0.4 is 0 Å². The molecule has 17 heavy (non-hydrogen) atoms. The molecule has 1 nitrogen and oxygen atoms in total. The summed E-state index contributed by atoms with van der Waals surface area (Å²) in [5.74, 6) is 0. The van der Waals surface area contributed by atoms with E-state index >= 15 is 0 Å². The van der Waals surface area contributed by atoms with Gasteiger partial charge in [-0.15, -0.1) is 0 Å². The zero-order valence-electron chi connectivity index (χ0n) is 9.44. The van der Waals surface area contributed by atoms with Crippen LogP contribution in [0.3, 0.4) is 0 Å². The molecule has 0 radical (unpaired) electrons. The number of fused-ring (bicyclic) bond motifs is 1. The van der Waals surface area contributed by atoms with Gasteiger partial charge >= 0.3 is 6.18 Å². The fourth-order valence-electron chi connectivity index (χ4n) is 2.14. The SMILES string of the molecule is CCN1CCc2c(Cl)cc(C(F)(F)F)cc2C1. The first-order valence-electron chi connectivity index (χ1n) is 5.52. The number of rotatable bonds is 1. The highest BCUT2D eigenvalue weighted by Gasteiger charge is 2.32. The molecule has 0 atom stereocenters. The van der Waals surface area contributed by atoms with Crippen molar-refractivity contribution < 1.29 is 13.2 Å². The van der Waals surface area contributed by atoms with Gasteiger partial charge in [-0.3, -0.25) is 4.90 Å². The third kappa shape index (κ3) is 2.58. The van der Waals surface area contributed by atoms with Gasteiger partial charge in [-0.25, -0.2) is 0 Å². The third-order valence-corrected chi connectivity index (χ3v) is 3.47. The summed E-state index contributed by atoms with van der Waals surface area (Å²) >= 11 is 5.93. The van der Waals surface area contributed by atoms with Crippen LogP contribution in [-0.4, -0.2) is 18.0 Å². The molecular formula is C12H13ClF3N. The number of hydrogen-bond acceptors (Lipinski definition) is 1. The molecular weight excluding hydrogens is 251 g/mol. The highest BCUT2D eigenvalue weighted by Crippen LogP contribution is 2.35. The zero-order valence-corrected chi connectivity index (χ0v) is 10.2. The van der Waals surface area contributed by atoms with Crippen LogP contribution in [0.4, 0.5) is 13.2 Å². The average Bonchev–Trinajstić information content (AvgIpc) is 2.27. The minimum absolute atomic E-state index is 0.241. The molecule has 1 aromatic rings. The van der Waals surface area contributed by atoms with Gasteiger partial charge in [0.05, 0.1) is 5.56 Å². The van der Waals surface area contributed by atoms with Crippen molar-refractivity contribution in [2.24, 2.45) is 0 Å². The van der Waals surface area contributed by atoms with Crippen molar-refractivity contribution in [2.75, 3.05) is 13.1 Å². The summed E-state index contributed by atoms with van der Waals surface area (Å²) in [6, 6.07) is 2.25. The van der Waals surface area contributed by atoms with Crippen LogP contribution in [-0.2, 0) is 19.1 Å². The van der Waals surface area contributed by atoms with Crippen molar-refractivity contribution in [3.8, 4) is 0 Å². The molecule has 1 heterocycles. The molecule has 0 bridgehead atoms. The lowest BCUT2D eigenvalue weighted by Gasteiger charge is -2.28. The van der Waals surface area contributed by atoms with Crippen molar-refractivity contribution >= 4 is 11.6 Å². The Hall–Kier alpha value is -0.740. The highest BCUT2D eigenvalue weighted by atomic mass is 35.5. The van der Waals surface area contributed by atoms with Crippen LogP contribution in [0.5, 0.6) is 0 Å². The molecule has 0 amide bonds. The molecule has 1 aliphatic rings. The first kappa shape index (κ1) is 12.7. The van der Waals surface area contributed by atoms with E-state index in [1.165, 1.54) is 6.07 Å². The van der Waals surface area contributed by atoms with Gasteiger partial charge in [0, 0.05) is 18.1 Å². The molecule has 5 heteroatoms. The van der Waals surface area contributed by atoms with Gasteiger partial charge in [-0.1, -0.05) is 18.5 Å². The van der Waals surface area contributed by atoms with E-state index < -0.39 is 11.7 Å². The second kappa shape index (κ2) is 4.50. The van der Waals surface area contributed by atoms with E-state index in [0.717, 1.165) is 31.1 Å². The second-order valence-electron chi connectivity index (χ2n) is 4.21. The molecule has 0 fully saturated rings. The Balaban J connectivity index is 2.42. The van der Waals surface area contributed by atoms with E-state index in [1.54, 1.807) is 0 Å². The largest absolute Gasteiger partial charge is 0.416 e. The molecule has 0 N–H and O–H groups in total. The van der Waals surface area contributed by atoms with E-state index in [4.69, 9.17) is 11.6 Å². The predicted molar refractivity (Wildman–Crippen MR) is 61.1 cm³/mol. The van der Waals surface area contributed by atoms with Crippen molar-refractivity contribution in [3.05, 3.63) is 33.8 Å². The van der Waals surface area contributed by atoms with Gasteiger partial charge in [0.2, 0.25) is 0 Å². The number of nitrogens with zero attached hydrogens (tertiary/aromatic N) is 1. The summed E-state index contributed by atoms with van der Waals surface area (Å²) in [5, 5.41) is 0.241. The van der Waals surface area contributed by atoms with Crippen LogP contribution >= 0.6 is 11.6 Å². The maximum Gasteiger partial charge on any atom is 0.416 e. The van der Waals surface area contributed by atoms with E-state index in [9.17, 15) is 13.2 Å². The number of hydrogen-bond donors (Lipinski definition) is 0. The van der Waals surface area contributed by atoms with Crippen molar-refractivity contribution in [3.63, 3.8) is 0 Å². The lowest BCUT2D eigenvalue weighted by Crippen LogP contribution is -2.30. The molecule has 0 aliphatic carbocycles. The molecule has 2 rings (SSSR count). The summed E-state index contributed by atoms with van der Waals surface area (Å²) in [6.45, 7) is 4.25. The first-order valence-corrected chi connectivity index (χ1v) is 5.90. The van der Waals surface area contributed by atoms with Crippen LogP contribution in [0.2, 0.25) is 5.02 Å². The number of alkyl halides is 3. The van der Waals surface area contributed by atoms with Gasteiger partial charge in [0.25, 0.3) is 0 Å². The Morgan fingerprint density at radius 1 is 1.35 bits per heavy atom. The van der Waals surface area contributed by atoms with Crippen LogP contribution in [0, 0.1) is 0 Å². The normalized spacial score (nSPS) is 17.0. The molecule has 1 aromatic carbocycles. The molecule has 0 spiro atoms. The van der Waals surface area contributed by atoms with Crippen LogP contribution in [0.15, 0.2) is 12.1 Å². The molecule has 1 aliphatic heterocycles. The maximum absolute atomic E-state index is 12.6. The van der Waals surface area contributed by atoms with Crippen molar-refractivity contribution in [2.45, 2.75) is 26.1 Å². The Kier molecular flexibility index (Phi) is 3.36. The Morgan fingerprint density at radius 2 is 2.06 bits per heavy atom. The summed E-state index contributed by atoms with van der Waals surface area (Å²) in [7, 11) is 0. The quantitative estimate of drug-likeness (QED) is 0.746. The minimum atomic E-state index is -4.33. The smallest absolute Gasteiger partial charge is 0.299 e. The fraction of sp³-hybridized carbons (Fsp3) is 0.500. The lowest BCUT2D eigenvalue weighted by atomic mass is 9.97. The summed E-state index contributed by atoms with van der Waals surface area (Å²) in [6.07, 6.45) is -3.60. The summed E-state index contributed by atoms with van der Waals surface area (Å²) < 4.78 is 37.9. The Bertz CT molecular complexity index is 428. The van der Waals surface area contributed by atoms with Gasteiger partial charge < -0.3 is 0 Å². The fourth-order valence-corrected chi connectivity index (χ4v) is 2.47. The molecule has 0 saturated carbocycles. The highest BCUT2D eigenvalue weighted by molar-refractivity contribution is 6.31. The Morgan fingerprint density at radius 3 is 2.65 bits per heavy atom. The monoisotopic (exact) mass is 263 g/mol. The van der Waals surface area contributed by atoms with Crippen LogP contribution in [0.25, 0.3) is 0 Å². The maximum atomic E-state index is 12.6. The van der Waals surface area contributed by atoms with E-state index in [0.29, 0.717) is 12.1 Å². The van der Waals surface area contributed by atoms with Crippen molar-refractivity contribution in [1.82, 2.24) is 4.90 Å². The zero-order chi connectivity index (χ0) is 12.6. The first-order chi connectivity index (χ1) is 7.91. The van der Waals surface area contributed by atoms with Gasteiger partial charge in [-0.2, -0.15) is 13.2 Å². The third-order valence-electron chi connectivity index (χ3n) is 3.13. The van der Waals surface area contributed by atoms with Gasteiger partial charge in [-0.05, 0) is 36.2 Å². The molecule has 0 unspecified atom stereocenters. The van der Waals surface area contributed by atoms with Crippen molar-refractivity contribution in [1.29, 1.82) is 0 Å². The number of halogens is 4. The van der Waals surface area contributed by atoms with E-state index in [1.807, 2.05) is 6.92 Å². The second-order valence-corrected chi connectivity index (χ2v) is 4.62. The standard InChI is InChI=1S/C12H13ClF3N/c1-2-17-4-3-10-8(7-17)5-9(6-11(10)13)12(14,15)16/h5-6H,2-4,7H2,1H3. The number of likely N-dealkylation sites (N-methyl/N-ethyl adjacent to an activating group) is 1. The van der Waals surface area contributed by atoms with E-state index in [-0.39, 0.29) is 5.02 Å². The molecule has 0 aromatic heterocycles. The van der Waals surface area contributed by atoms with Crippen LogP contribution in [0.1, 0.15) is 23.6 Å². The topological polar surface area (TPSA) is 3.24 Å². The molecule has 0 saturated heterocycles. The van der Waals surface area contributed by atoms with Gasteiger partial charge in [0.15, 0.2) is 0 Å². The van der Waals surface area contributed by atoms with E-state index in [2.05, 4.69) is 4.90 Å². The number of benzene rings is 1. The Labute approximate surface area is 103 Å². The van der Waals surface area contributed by atoms with Gasteiger partial charge in [0.1, 0.15) is 0 Å². The minimum Gasteiger partial charge on any atom is -0.299 e. The summed E-state index contributed by atoms with van der Waals surface area (Å²) in [4.78, 5) is 2.11. The predicted octanol–water partition coefficient (Wildman–Crippen LogP) is 3.74. The average molecular weight is 264 g/mol. The summed E-state index contributed by atoms with van der Waals surface area (Å²) in [5.41, 5.74) is 0.918. The molecule has 94 valence electrons.